The number of methoxy groups -OCH3 is 1. The summed E-state index contributed by atoms with van der Waals surface area (Å²) in [5.74, 6) is 0.580. The molecule has 0 unspecified atom stereocenters. The number of thioether (sulfide) groups is 1. The molecule has 0 saturated carbocycles. The number of aliphatic imine (C=N–C) groups is 1. The van der Waals surface area contributed by atoms with Crippen LogP contribution >= 0.6 is 11.8 Å². The molecule has 0 aliphatic heterocycles. The van der Waals surface area contributed by atoms with E-state index < -0.39 is 0 Å². The van der Waals surface area contributed by atoms with Gasteiger partial charge in [0.15, 0.2) is 11.1 Å². The lowest BCUT2D eigenvalue weighted by atomic mass is 10.5. The van der Waals surface area contributed by atoms with Gasteiger partial charge in [-0.05, 0) is 6.42 Å². The largest absolute Gasteiger partial charge is 0.385 e. The predicted octanol–water partition coefficient (Wildman–Crippen LogP) is -0.0191. The Morgan fingerprint density at radius 1 is 1.33 bits per heavy atom. The second kappa shape index (κ2) is 9.75. The van der Waals surface area contributed by atoms with Crippen LogP contribution in [-0.2, 0) is 9.47 Å². The molecule has 0 aromatic rings. The van der Waals surface area contributed by atoms with Crippen molar-refractivity contribution in [2.45, 2.75) is 6.42 Å². The van der Waals surface area contributed by atoms with E-state index in [1.807, 2.05) is 0 Å². The number of nitrogens with two attached hydrogens (primary N) is 2. The van der Waals surface area contributed by atoms with E-state index in [1.54, 1.807) is 7.11 Å². The highest BCUT2D eigenvalue weighted by molar-refractivity contribution is 8.13. The lowest BCUT2D eigenvalue weighted by Gasteiger charge is -2.02. The van der Waals surface area contributed by atoms with Gasteiger partial charge >= 0.3 is 0 Å². The molecule has 7 heteroatoms. The molecule has 0 radical (unpaired) electrons. The van der Waals surface area contributed by atoms with Crippen molar-refractivity contribution >= 4 is 22.9 Å². The molecule has 0 fully saturated rings. The normalized spacial score (nSPS) is 9.93. The molecule has 0 aliphatic rings. The SMILES string of the molecule is COCCCOCCSC(=N)N=C(N)N. The molecular weight excluding hydrogens is 216 g/mol. The van der Waals surface area contributed by atoms with E-state index in [2.05, 4.69) is 4.99 Å². The Morgan fingerprint density at radius 2 is 2.07 bits per heavy atom. The summed E-state index contributed by atoms with van der Waals surface area (Å²) >= 11 is 1.25. The Kier molecular flexibility index (Phi) is 9.24. The van der Waals surface area contributed by atoms with Gasteiger partial charge in [-0.25, -0.2) is 0 Å². The van der Waals surface area contributed by atoms with Crippen LogP contribution in [0, 0.1) is 5.41 Å². The number of guanidine groups is 1. The van der Waals surface area contributed by atoms with Crippen molar-refractivity contribution < 1.29 is 9.47 Å². The molecule has 0 heterocycles. The van der Waals surface area contributed by atoms with Gasteiger partial charge in [0.2, 0.25) is 0 Å². The predicted molar refractivity (Wildman–Crippen MR) is 63.3 cm³/mol. The molecule has 15 heavy (non-hydrogen) atoms. The van der Waals surface area contributed by atoms with Gasteiger partial charge in [-0.2, -0.15) is 4.99 Å². The third-order valence-electron chi connectivity index (χ3n) is 1.33. The van der Waals surface area contributed by atoms with Crippen LogP contribution in [0.1, 0.15) is 6.42 Å². The smallest absolute Gasteiger partial charge is 0.193 e. The number of amidine groups is 1. The van der Waals surface area contributed by atoms with Gasteiger partial charge in [0, 0.05) is 26.1 Å². The van der Waals surface area contributed by atoms with Gasteiger partial charge in [0.05, 0.1) is 6.61 Å². The molecule has 0 rings (SSSR count). The molecular formula is C8H18N4O2S. The summed E-state index contributed by atoms with van der Waals surface area (Å²) in [5.41, 5.74) is 10.2. The minimum atomic E-state index is -0.0893. The van der Waals surface area contributed by atoms with E-state index in [4.69, 9.17) is 26.4 Å². The van der Waals surface area contributed by atoms with Crippen molar-refractivity contribution in [1.82, 2.24) is 0 Å². The van der Waals surface area contributed by atoms with Gasteiger partial charge in [-0.3, -0.25) is 5.41 Å². The fraction of sp³-hybridized carbons (Fsp3) is 0.750. The van der Waals surface area contributed by atoms with Crippen molar-refractivity contribution in [3.63, 3.8) is 0 Å². The van der Waals surface area contributed by atoms with E-state index in [-0.39, 0.29) is 11.1 Å². The highest BCUT2D eigenvalue weighted by Crippen LogP contribution is 2.02. The fourth-order valence-corrected chi connectivity index (χ4v) is 1.32. The van der Waals surface area contributed by atoms with Gasteiger partial charge < -0.3 is 20.9 Å². The number of hydrogen-bond acceptors (Lipinski definition) is 4. The molecule has 0 spiro atoms. The summed E-state index contributed by atoms with van der Waals surface area (Å²) in [5, 5.41) is 7.41. The van der Waals surface area contributed by atoms with Crippen LogP contribution in [0.15, 0.2) is 4.99 Å². The lowest BCUT2D eigenvalue weighted by Crippen LogP contribution is -2.23. The molecule has 0 amide bonds. The van der Waals surface area contributed by atoms with Crippen LogP contribution in [0.25, 0.3) is 0 Å². The van der Waals surface area contributed by atoms with E-state index in [0.29, 0.717) is 25.6 Å². The molecule has 0 aromatic carbocycles. The van der Waals surface area contributed by atoms with Crippen LogP contribution < -0.4 is 11.5 Å². The molecule has 5 N–H and O–H groups in total. The first-order chi connectivity index (χ1) is 7.16. The molecule has 0 atom stereocenters. The lowest BCUT2D eigenvalue weighted by molar-refractivity contribution is 0.113. The Bertz CT molecular complexity index is 207. The zero-order valence-corrected chi connectivity index (χ0v) is 9.68. The third kappa shape index (κ3) is 11.1. The molecule has 0 bridgehead atoms. The summed E-state index contributed by atoms with van der Waals surface area (Å²) in [7, 11) is 1.66. The summed E-state index contributed by atoms with van der Waals surface area (Å²) in [6, 6.07) is 0. The first kappa shape index (κ1) is 14.2. The fourth-order valence-electron chi connectivity index (χ4n) is 0.754. The van der Waals surface area contributed by atoms with E-state index in [0.717, 1.165) is 6.42 Å². The minimum Gasteiger partial charge on any atom is -0.385 e. The van der Waals surface area contributed by atoms with E-state index in [9.17, 15) is 0 Å². The molecule has 6 nitrogen and oxygen atoms in total. The summed E-state index contributed by atoms with van der Waals surface area (Å²) < 4.78 is 10.1. The maximum Gasteiger partial charge on any atom is 0.193 e. The van der Waals surface area contributed by atoms with Crippen LogP contribution in [0.2, 0.25) is 0 Å². The maximum atomic E-state index is 7.31. The highest BCUT2D eigenvalue weighted by atomic mass is 32.2. The van der Waals surface area contributed by atoms with Crippen molar-refractivity contribution in [2.75, 3.05) is 32.7 Å². The second-order valence-electron chi connectivity index (χ2n) is 2.65. The van der Waals surface area contributed by atoms with Gasteiger partial charge in [0.1, 0.15) is 0 Å². The van der Waals surface area contributed by atoms with Gasteiger partial charge in [0.25, 0.3) is 0 Å². The van der Waals surface area contributed by atoms with Crippen molar-refractivity contribution in [2.24, 2.45) is 16.5 Å². The monoisotopic (exact) mass is 234 g/mol. The second-order valence-corrected chi connectivity index (χ2v) is 3.73. The third-order valence-corrected chi connectivity index (χ3v) is 2.07. The van der Waals surface area contributed by atoms with Crippen LogP contribution in [0.4, 0.5) is 0 Å². The van der Waals surface area contributed by atoms with Crippen LogP contribution in [0.3, 0.4) is 0 Å². The first-order valence-corrected chi connectivity index (χ1v) is 5.53. The van der Waals surface area contributed by atoms with Crippen LogP contribution in [0.5, 0.6) is 0 Å². The molecule has 0 saturated heterocycles. The van der Waals surface area contributed by atoms with Gasteiger partial charge in [-0.1, -0.05) is 11.8 Å². The number of rotatable bonds is 7. The standard InChI is InChI=1S/C8H18N4O2S/c1-13-3-2-4-14-5-6-15-8(11)12-7(9)10/h2-6H2,1H3,(H5,9,10,11,12). The molecule has 0 aliphatic carbocycles. The van der Waals surface area contributed by atoms with E-state index >= 15 is 0 Å². The Labute approximate surface area is 93.9 Å². The van der Waals surface area contributed by atoms with Crippen molar-refractivity contribution in [1.29, 1.82) is 5.41 Å². The topological polar surface area (TPSA) is 107 Å². The first-order valence-electron chi connectivity index (χ1n) is 4.54. The number of nitrogens with zero attached hydrogens (tertiary/aromatic N) is 1. The zero-order chi connectivity index (χ0) is 11.5. The van der Waals surface area contributed by atoms with Gasteiger partial charge in [-0.15, -0.1) is 0 Å². The van der Waals surface area contributed by atoms with E-state index in [1.165, 1.54) is 11.8 Å². The number of nitrogens with one attached hydrogen (secondary N) is 1. The average Bonchev–Trinajstić information content (AvgIpc) is 2.15. The van der Waals surface area contributed by atoms with Crippen LogP contribution in [-0.4, -0.2) is 43.8 Å². The van der Waals surface area contributed by atoms with Crippen molar-refractivity contribution in [3.8, 4) is 0 Å². The quantitative estimate of drug-likeness (QED) is 0.326. The van der Waals surface area contributed by atoms with Crippen molar-refractivity contribution in [3.05, 3.63) is 0 Å². The zero-order valence-electron chi connectivity index (χ0n) is 8.86. The number of hydrogen-bond donors (Lipinski definition) is 3. The Hall–Kier alpha value is -0.790. The molecule has 88 valence electrons. The average molecular weight is 234 g/mol. The number of ether oxygens (including phenoxy) is 2. The molecule has 0 aromatic heterocycles. The minimum absolute atomic E-state index is 0.0893. The Balaban J connectivity index is 3.24. The summed E-state index contributed by atoms with van der Waals surface area (Å²) in [6.07, 6.45) is 0.881. The Morgan fingerprint density at radius 3 is 2.67 bits per heavy atom. The summed E-state index contributed by atoms with van der Waals surface area (Å²) in [4.78, 5) is 3.57. The highest BCUT2D eigenvalue weighted by Gasteiger charge is 1.96. The maximum absolute atomic E-state index is 7.31. The summed E-state index contributed by atoms with van der Waals surface area (Å²) in [6.45, 7) is 1.96.